The van der Waals surface area contributed by atoms with E-state index in [-0.39, 0.29) is 13.1 Å². The summed E-state index contributed by atoms with van der Waals surface area (Å²) in [5, 5.41) is 16.9. The third kappa shape index (κ3) is 3.49. The number of carbonyl (C=O) groups excluding carboxylic acids is 3. The number of aliphatic hydroxyl groups is 1. The van der Waals surface area contributed by atoms with Crippen LogP contribution in [-0.4, -0.2) is 34.3 Å². The highest BCUT2D eigenvalue weighted by Crippen LogP contribution is 2.29. The van der Waals surface area contributed by atoms with Crippen molar-refractivity contribution in [1.29, 1.82) is 0 Å². The van der Waals surface area contributed by atoms with Gasteiger partial charge in [-0.1, -0.05) is 12.1 Å². The van der Waals surface area contributed by atoms with Crippen molar-refractivity contribution < 1.29 is 19.5 Å². The van der Waals surface area contributed by atoms with Crippen LogP contribution >= 0.6 is 22.7 Å². The van der Waals surface area contributed by atoms with Crippen LogP contribution in [0.4, 0.5) is 0 Å². The van der Waals surface area contributed by atoms with Crippen molar-refractivity contribution in [2.75, 3.05) is 6.54 Å². The molecule has 2 aromatic heterocycles. The molecule has 2 N–H and O–H groups in total. The van der Waals surface area contributed by atoms with Crippen LogP contribution in [0.5, 0.6) is 0 Å². The molecule has 0 aliphatic carbocycles. The van der Waals surface area contributed by atoms with Crippen LogP contribution < -0.4 is 5.32 Å². The van der Waals surface area contributed by atoms with Crippen molar-refractivity contribution in [1.82, 2.24) is 10.2 Å². The zero-order chi connectivity index (χ0) is 19.7. The number of fused-ring (bicyclic) bond motifs is 1. The fourth-order valence-corrected chi connectivity index (χ4v) is 4.65. The van der Waals surface area contributed by atoms with Crippen molar-refractivity contribution in [3.63, 3.8) is 0 Å². The number of thiophene rings is 2. The van der Waals surface area contributed by atoms with E-state index in [4.69, 9.17) is 0 Å². The zero-order valence-corrected chi connectivity index (χ0v) is 16.3. The van der Waals surface area contributed by atoms with E-state index >= 15 is 0 Å². The van der Waals surface area contributed by atoms with Gasteiger partial charge in [-0.2, -0.15) is 11.3 Å². The lowest BCUT2D eigenvalue weighted by Gasteiger charge is -2.13. The Bertz CT molecular complexity index is 1010. The van der Waals surface area contributed by atoms with Crippen molar-refractivity contribution >= 4 is 40.4 Å². The molecule has 3 amide bonds. The minimum atomic E-state index is -0.681. The Morgan fingerprint density at radius 2 is 1.79 bits per heavy atom. The summed E-state index contributed by atoms with van der Waals surface area (Å²) in [6.45, 7) is -0.0505. The Morgan fingerprint density at radius 3 is 2.43 bits per heavy atom. The molecule has 28 heavy (non-hydrogen) atoms. The summed E-state index contributed by atoms with van der Waals surface area (Å²) in [5.74, 6) is -1.32. The second kappa shape index (κ2) is 7.67. The van der Waals surface area contributed by atoms with Crippen LogP contribution in [0.1, 0.15) is 42.1 Å². The molecule has 1 atom stereocenters. The maximum absolute atomic E-state index is 12.3. The molecule has 6 nitrogen and oxygen atoms in total. The summed E-state index contributed by atoms with van der Waals surface area (Å²) < 4.78 is 0. The minimum absolute atomic E-state index is 0.267. The Labute approximate surface area is 169 Å². The van der Waals surface area contributed by atoms with Gasteiger partial charge in [-0.05, 0) is 46.7 Å². The van der Waals surface area contributed by atoms with E-state index in [9.17, 15) is 19.5 Å². The van der Waals surface area contributed by atoms with E-state index in [1.54, 1.807) is 24.3 Å². The number of rotatable bonds is 6. The van der Waals surface area contributed by atoms with Gasteiger partial charge < -0.3 is 10.4 Å². The lowest BCUT2D eigenvalue weighted by atomic mass is 10.1. The monoisotopic (exact) mass is 412 g/mol. The van der Waals surface area contributed by atoms with Gasteiger partial charge in [0.05, 0.1) is 17.7 Å². The molecule has 8 heteroatoms. The Hall–Kier alpha value is -2.81. The molecular formula is C20H16N2O4S2. The molecular weight excluding hydrogens is 396 g/mol. The highest BCUT2D eigenvalue weighted by Gasteiger charge is 2.36. The van der Waals surface area contributed by atoms with Gasteiger partial charge in [-0.25, -0.2) is 0 Å². The summed E-state index contributed by atoms with van der Waals surface area (Å²) in [5.41, 5.74) is 1.49. The number of imide groups is 1. The van der Waals surface area contributed by atoms with Crippen LogP contribution in [0.25, 0.3) is 0 Å². The number of amides is 3. The van der Waals surface area contributed by atoms with Gasteiger partial charge in [-0.15, -0.1) is 11.3 Å². The standard InChI is InChI=1S/C20H16N2O4S2/c23-17(10-22-19(25)14-3-1-2-4-15(14)20(22)26)21-9-13-5-6-16(28-13)18(24)12-7-8-27-11-12/h1-8,11,18,24H,9-10H2,(H,21,23). The molecule has 1 unspecified atom stereocenters. The van der Waals surface area contributed by atoms with Crippen molar-refractivity contribution in [2.45, 2.75) is 12.6 Å². The number of nitrogens with zero attached hydrogens (tertiary/aromatic N) is 1. The second-order valence-corrected chi connectivity index (χ2v) is 8.26. The number of aliphatic hydroxyl groups excluding tert-OH is 1. The molecule has 3 aromatic rings. The van der Waals surface area contributed by atoms with Gasteiger partial charge in [-0.3, -0.25) is 19.3 Å². The predicted molar refractivity (Wildman–Crippen MR) is 106 cm³/mol. The average molecular weight is 412 g/mol. The first kappa shape index (κ1) is 18.5. The minimum Gasteiger partial charge on any atom is -0.383 e. The molecule has 3 heterocycles. The molecule has 0 bridgehead atoms. The molecule has 0 radical (unpaired) electrons. The summed E-state index contributed by atoms with van der Waals surface area (Å²) in [6, 6.07) is 12.1. The van der Waals surface area contributed by atoms with E-state index in [1.807, 2.05) is 29.0 Å². The molecule has 0 saturated heterocycles. The fourth-order valence-electron chi connectivity index (χ4n) is 3.00. The molecule has 0 spiro atoms. The normalized spacial score (nSPS) is 14.2. The van der Waals surface area contributed by atoms with E-state index in [1.165, 1.54) is 22.7 Å². The quantitative estimate of drug-likeness (QED) is 0.610. The Morgan fingerprint density at radius 1 is 1.07 bits per heavy atom. The number of hydrogen-bond acceptors (Lipinski definition) is 6. The van der Waals surface area contributed by atoms with Gasteiger partial charge in [0.15, 0.2) is 0 Å². The van der Waals surface area contributed by atoms with Gasteiger partial charge in [0, 0.05) is 9.75 Å². The lowest BCUT2D eigenvalue weighted by molar-refractivity contribution is -0.121. The topological polar surface area (TPSA) is 86.7 Å². The number of nitrogens with one attached hydrogen (secondary N) is 1. The third-order valence-electron chi connectivity index (χ3n) is 4.45. The van der Waals surface area contributed by atoms with Crippen LogP contribution in [-0.2, 0) is 11.3 Å². The molecule has 4 rings (SSSR count). The summed E-state index contributed by atoms with van der Waals surface area (Å²) >= 11 is 2.93. The van der Waals surface area contributed by atoms with Gasteiger partial charge in [0.2, 0.25) is 5.91 Å². The first-order valence-electron chi connectivity index (χ1n) is 8.55. The van der Waals surface area contributed by atoms with Gasteiger partial charge >= 0.3 is 0 Å². The number of hydrogen-bond donors (Lipinski definition) is 2. The average Bonchev–Trinajstić information content (AvgIpc) is 3.44. The first-order valence-corrected chi connectivity index (χ1v) is 10.3. The molecule has 1 aliphatic heterocycles. The fraction of sp³-hybridized carbons (Fsp3) is 0.150. The van der Waals surface area contributed by atoms with Gasteiger partial charge in [0.25, 0.3) is 11.8 Å². The van der Waals surface area contributed by atoms with E-state index in [0.29, 0.717) is 11.1 Å². The Kier molecular flexibility index (Phi) is 5.08. The highest BCUT2D eigenvalue weighted by molar-refractivity contribution is 7.12. The van der Waals surface area contributed by atoms with Crippen LogP contribution in [0.2, 0.25) is 0 Å². The van der Waals surface area contributed by atoms with E-state index in [2.05, 4.69) is 5.32 Å². The van der Waals surface area contributed by atoms with E-state index in [0.717, 1.165) is 20.2 Å². The van der Waals surface area contributed by atoms with E-state index < -0.39 is 23.8 Å². The molecule has 0 saturated carbocycles. The van der Waals surface area contributed by atoms with Gasteiger partial charge in [0.1, 0.15) is 12.6 Å². The maximum atomic E-state index is 12.3. The lowest BCUT2D eigenvalue weighted by Crippen LogP contribution is -2.40. The van der Waals surface area contributed by atoms with Crippen LogP contribution in [0, 0.1) is 0 Å². The number of carbonyl (C=O) groups is 3. The third-order valence-corrected chi connectivity index (χ3v) is 6.29. The molecule has 1 aromatic carbocycles. The zero-order valence-electron chi connectivity index (χ0n) is 14.6. The molecule has 0 fully saturated rings. The molecule has 1 aliphatic rings. The smallest absolute Gasteiger partial charge is 0.262 e. The molecule has 142 valence electrons. The van der Waals surface area contributed by atoms with Crippen molar-refractivity contribution in [3.8, 4) is 0 Å². The van der Waals surface area contributed by atoms with Crippen molar-refractivity contribution in [2.24, 2.45) is 0 Å². The number of benzene rings is 1. The second-order valence-electron chi connectivity index (χ2n) is 6.28. The largest absolute Gasteiger partial charge is 0.383 e. The summed E-state index contributed by atoms with van der Waals surface area (Å²) in [6.07, 6.45) is -0.681. The first-order chi connectivity index (χ1) is 13.5. The highest BCUT2D eigenvalue weighted by atomic mass is 32.1. The SMILES string of the molecule is O=C(CN1C(=O)c2ccccc2C1=O)NCc1ccc(C(O)c2ccsc2)s1. The maximum Gasteiger partial charge on any atom is 0.262 e. The van der Waals surface area contributed by atoms with Crippen LogP contribution in [0.3, 0.4) is 0 Å². The van der Waals surface area contributed by atoms with Crippen LogP contribution in [0.15, 0.2) is 53.2 Å². The Balaban J connectivity index is 1.35. The summed E-state index contributed by atoms with van der Waals surface area (Å²) in [4.78, 5) is 39.5. The predicted octanol–water partition coefficient (Wildman–Crippen LogP) is 2.80. The summed E-state index contributed by atoms with van der Waals surface area (Å²) in [7, 11) is 0. The van der Waals surface area contributed by atoms with Crippen molar-refractivity contribution in [3.05, 3.63) is 79.7 Å².